The Bertz CT molecular complexity index is 995. The average molecular weight is 460 g/mol. The lowest BCUT2D eigenvalue weighted by Gasteiger charge is -2.22. The quantitative estimate of drug-likeness (QED) is 0.564. The summed E-state index contributed by atoms with van der Waals surface area (Å²) in [6.07, 6.45) is 4.19. The van der Waals surface area contributed by atoms with Crippen molar-refractivity contribution in [1.82, 2.24) is 4.90 Å². The Morgan fingerprint density at radius 1 is 1.18 bits per heavy atom. The first kappa shape index (κ1) is 24.0. The number of ether oxygens (including phenoxy) is 3. The zero-order valence-corrected chi connectivity index (χ0v) is 18.4. The van der Waals surface area contributed by atoms with E-state index in [4.69, 9.17) is 9.47 Å². The molecular weight excluding hydrogens is 434 g/mol. The highest BCUT2D eigenvalue weighted by molar-refractivity contribution is 6.00. The van der Waals surface area contributed by atoms with Gasteiger partial charge in [-0.3, -0.25) is 9.59 Å². The maximum absolute atomic E-state index is 12.8. The number of anilines is 1. The molecule has 2 aromatic rings. The number of carbonyl (C=O) groups excluding carboxylic acids is 2. The minimum Gasteiger partial charge on any atom is -0.497 e. The van der Waals surface area contributed by atoms with Crippen LogP contribution >= 0.6 is 0 Å². The van der Waals surface area contributed by atoms with Crippen molar-refractivity contribution in [2.24, 2.45) is 0 Å². The number of nitrogens with one attached hydrogen (secondary N) is 1. The zero-order chi connectivity index (χ0) is 23.8. The van der Waals surface area contributed by atoms with E-state index in [1.54, 1.807) is 50.4 Å². The first-order chi connectivity index (χ1) is 15.9. The molecule has 2 aromatic carbocycles. The molecule has 1 saturated heterocycles. The summed E-state index contributed by atoms with van der Waals surface area (Å²) in [5, 5.41) is 2.83. The van der Waals surface area contributed by atoms with Crippen molar-refractivity contribution in [1.29, 1.82) is 0 Å². The Hall–Kier alpha value is -3.62. The van der Waals surface area contributed by atoms with Crippen LogP contribution in [-0.4, -0.2) is 49.6 Å². The van der Waals surface area contributed by atoms with Crippen LogP contribution in [0.2, 0.25) is 0 Å². The molecule has 0 bridgehead atoms. The largest absolute Gasteiger partial charge is 0.497 e. The van der Waals surface area contributed by atoms with E-state index in [0.29, 0.717) is 36.4 Å². The second kappa shape index (κ2) is 11.3. The van der Waals surface area contributed by atoms with Crippen LogP contribution in [0.1, 0.15) is 25.3 Å². The van der Waals surface area contributed by atoms with E-state index in [2.05, 4.69) is 10.1 Å². The van der Waals surface area contributed by atoms with Gasteiger partial charge in [0.15, 0.2) is 11.5 Å². The third kappa shape index (κ3) is 6.44. The Kier molecular flexibility index (Phi) is 8.23. The number of hydrogen-bond acceptors (Lipinski definition) is 5. The summed E-state index contributed by atoms with van der Waals surface area (Å²) >= 11 is 0. The number of amides is 2. The molecule has 176 valence electrons. The fourth-order valence-corrected chi connectivity index (χ4v) is 3.56. The molecule has 1 fully saturated rings. The van der Waals surface area contributed by atoms with Gasteiger partial charge < -0.3 is 24.4 Å². The fraction of sp³-hybridized carbons (Fsp3) is 0.333. The van der Waals surface area contributed by atoms with E-state index in [1.165, 1.54) is 23.1 Å². The van der Waals surface area contributed by atoms with E-state index < -0.39 is 12.7 Å². The number of halogens is 2. The Morgan fingerprint density at radius 2 is 1.94 bits per heavy atom. The lowest BCUT2D eigenvalue weighted by Crippen LogP contribution is -2.42. The van der Waals surface area contributed by atoms with Crippen molar-refractivity contribution in [3.8, 4) is 17.2 Å². The summed E-state index contributed by atoms with van der Waals surface area (Å²) in [7, 11) is 1.56. The summed E-state index contributed by atoms with van der Waals surface area (Å²) in [5.41, 5.74) is 1.19. The predicted octanol–water partition coefficient (Wildman–Crippen LogP) is 4.34. The van der Waals surface area contributed by atoms with Gasteiger partial charge in [0.2, 0.25) is 11.8 Å². The van der Waals surface area contributed by atoms with Crippen LogP contribution in [0.4, 0.5) is 14.5 Å². The van der Waals surface area contributed by atoms with Crippen LogP contribution in [0.3, 0.4) is 0 Å². The number of benzene rings is 2. The summed E-state index contributed by atoms with van der Waals surface area (Å²) < 4.78 is 40.0. The molecule has 1 atom stereocenters. The molecule has 0 spiro atoms. The Balaban J connectivity index is 1.66. The minimum absolute atomic E-state index is 0.0786. The van der Waals surface area contributed by atoms with Crippen LogP contribution in [0, 0.1) is 0 Å². The van der Waals surface area contributed by atoms with Crippen molar-refractivity contribution in [2.75, 3.05) is 25.6 Å². The summed E-state index contributed by atoms with van der Waals surface area (Å²) in [4.78, 5) is 27.0. The van der Waals surface area contributed by atoms with Gasteiger partial charge >= 0.3 is 6.61 Å². The molecule has 9 heteroatoms. The molecule has 2 amide bonds. The second-order valence-electron chi connectivity index (χ2n) is 7.26. The summed E-state index contributed by atoms with van der Waals surface area (Å²) in [5.74, 6) is 0.187. The van der Waals surface area contributed by atoms with Crippen molar-refractivity contribution >= 4 is 23.6 Å². The molecule has 1 aliphatic rings. The van der Waals surface area contributed by atoms with E-state index in [9.17, 15) is 18.4 Å². The van der Waals surface area contributed by atoms with Crippen LogP contribution < -0.4 is 19.5 Å². The zero-order valence-electron chi connectivity index (χ0n) is 18.4. The van der Waals surface area contributed by atoms with Crippen LogP contribution in [0.25, 0.3) is 6.08 Å². The van der Waals surface area contributed by atoms with Crippen molar-refractivity contribution in [2.45, 2.75) is 32.4 Å². The third-order valence-electron chi connectivity index (χ3n) is 5.10. The van der Waals surface area contributed by atoms with Crippen LogP contribution in [0.15, 0.2) is 48.5 Å². The molecule has 0 aromatic heterocycles. The molecule has 1 aliphatic heterocycles. The molecule has 0 aliphatic carbocycles. The van der Waals surface area contributed by atoms with E-state index in [0.717, 1.165) is 0 Å². The normalized spacial score (nSPS) is 15.7. The number of hydrogen-bond donors (Lipinski definition) is 1. The number of likely N-dealkylation sites (tertiary alicyclic amines) is 1. The average Bonchev–Trinajstić information content (AvgIpc) is 3.30. The number of nitrogens with zero attached hydrogens (tertiary/aromatic N) is 1. The minimum atomic E-state index is -2.97. The Morgan fingerprint density at radius 3 is 2.61 bits per heavy atom. The van der Waals surface area contributed by atoms with Crippen molar-refractivity contribution in [3.63, 3.8) is 0 Å². The van der Waals surface area contributed by atoms with Gasteiger partial charge in [-0.25, -0.2) is 0 Å². The first-order valence-corrected chi connectivity index (χ1v) is 10.6. The van der Waals surface area contributed by atoms with Gasteiger partial charge in [0.1, 0.15) is 11.8 Å². The molecular formula is C24H26F2N2O5. The smallest absolute Gasteiger partial charge is 0.387 e. The van der Waals surface area contributed by atoms with Crippen LogP contribution in [0.5, 0.6) is 17.2 Å². The van der Waals surface area contributed by atoms with E-state index >= 15 is 0 Å². The SMILES string of the molecule is CCOc1cc(C=CC(=O)N2CCCC2C(=O)Nc2ccc(OC)cc2)ccc1OC(F)F. The van der Waals surface area contributed by atoms with Crippen molar-refractivity contribution < 1.29 is 32.6 Å². The fourth-order valence-electron chi connectivity index (χ4n) is 3.56. The molecule has 7 nitrogen and oxygen atoms in total. The van der Waals surface area contributed by atoms with Gasteiger partial charge in [-0.15, -0.1) is 0 Å². The number of rotatable bonds is 9. The predicted molar refractivity (Wildman–Crippen MR) is 120 cm³/mol. The number of methoxy groups -OCH3 is 1. The molecule has 1 unspecified atom stereocenters. The van der Waals surface area contributed by atoms with Crippen molar-refractivity contribution in [3.05, 3.63) is 54.1 Å². The van der Waals surface area contributed by atoms with Gasteiger partial charge in [-0.1, -0.05) is 6.07 Å². The lowest BCUT2D eigenvalue weighted by atomic mass is 10.1. The van der Waals surface area contributed by atoms with Gasteiger partial charge in [0.25, 0.3) is 0 Å². The highest BCUT2D eigenvalue weighted by Gasteiger charge is 2.33. The van der Waals surface area contributed by atoms with Gasteiger partial charge in [0.05, 0.1) is 13.7 Å². The molecule has 1 N–H and O–H groups in total. The lowest BCUT2D eigenvalue weighted by molar-refractivity contribution is -0.132. The monoisotopic (exact) mass is 460 g/mol. The van der Waals surface area contributed by atoms with Gasteiger partial charge in [-0.05, 0) is 67.8 Å². The van der Waals surface area contributed by atoms with E-state index in [1.807, 2.05) is 0 Å². The third-order valence-corrected chi connectivity index (χ3v) is 5.10. The maximum Gasteiger partial charge on any atom is 0.387 e. The first-order valence-electron chi connectivity index (χ1n) is 10.6. The molecule has 0 radical (unpaired) electrons. The van der Waals surface area contributed by atoms with Gasteiger partial charge in [-0.2, -0.15) is 8.78 Å². The Labute approximate surface area is 190 Å². The molecule has 1 heterocycles. The topological polar surface area (TPSA) is 77.1 Å². The number of alkyl halides is 2. The van der Waals surface area contributed by atoms with E-state index in [-0.39, 0.29) is 29.9 Å². The highest BCUT2D eigenvalue weighted by atomic mass is 19.3. The molecule has 3 rings (SSSR count). The molecule has 0 saturated carbocycles. The van der Waals surface area contributed by atoms with Gasteiger partial charge in [0, 0.05) is 18.3 Å². The standard InChI is InChI=1S/C24H26F2N2O5/c1-3-32-21-15-16(6-12-20(21)33-24(25)26)7-13-22(29)28-14-4-5-19(28)23(30)27-17-8-10-18(31-2)11-9-17/h6-13,15,19,24H,3-5,14H2,1-2H3,(H,27,30). The highest BCUT2D eigenvalue weighted by Crippen LogP contribution is 2.30. The molecule has 33 heavy (non-hydrogen) atoms. The van der Waals surface area contributed by atoms with Crippen LogP contribution in [-0.2, 0) is 9.59 Å². The number of carbonyl (C=O) groups is 2. The summed E-state index contributed by atoms with van der Waals surface area (Å²) in [6.45, 7) is -0.508. The summed E-state index contributed by atoms with van der Waals surface area (Å²) in [6, 6.07) is 10.8. The second-order valence-corrected chi connectivity index (χ2v) is 7.26. The maximum atomic E-state index is 12.8.